The van der Waals surface area contributed by atoms with Gasteiger partial charge in [-0.05, 0) is 64.9 Å². The Balaban J connectivity index is 2.19. The van der Waals surface area contributed by atoms with Crippen molar-refractivity contribution < 1.29 is 0 Å². The van der Waals surface area contributed by atoms with Gasteiger partial charge in [0.2, 0.25) is 0 Å². The van der Waals surface area contributed by atoms with Crippen LogP contribution in [0.3, 0.4) is 0 Å². The van der Waals surface area contributed by atoms with Crippen molar-refractivity contribution in [1.29, 1.82) is 10.5 Å². The summed E-state index contributed by atoms with van der Waals surface area (Å²) in [4.78, 5) is 0. The number of nitriles is 2. The predicted molar refractivity (Wildman–Crippen MR) is 101 cm³/mol. The van der Waals surface area contributed by atoms with Crippen LogP contribution in [-0.4, -0.2) is 0 Å². The second-order valence-electron chi connectivity index (χ2n) is 6.02. The summed E-state index contributed by atoms with van der Waals surface area (Å²) in [5.41, 5.74) is 7.81. The van der Waals surface area contributed by atoms with Gasteiger partial charge in [-0.3, -0.25) is 0 Å². The van der Waals surface area contributed by atoms with E-state index in [-0.39, 0.29) is 0 Å². The molecule has 0 radical (unpaired) electrons. The van der Waals surface area contributed by atoms with E-state index in [1.807, 2.05) is 12.1 Å². The highest BCUT2D eigenvalue weighted by Crippen LogP contribution is 2.33. The van der Waals surface area contributed by atoms with Crippen molar-refractivity contribution in [3.8, 4) is 34.4 Å². The lowest BCUT2D eigenvalue weighted by molar-refractivity contribution is 1.14. The molecule has 120 valence electrons. The van der Waals surface area contributed by atoms with Crippen LogP contribution in [0, 0.1) is 29.6 Å². The smallest absolute Gasteiger partial charge is 0.0998 e. The lowest BCUT2D eigenvalue weighted by Gasteiger charge is -2.13. The summed E-state index contributed by atoms with van der Waals surface area (Å²) in [7, 11) is 0. The van der Waals surface area contributed by atoms with Crippen LogP contribution in [0.4, 0.5) is 0 Å². The van der Waals surface area contributed by atoms with E-state index in [0.29, 0.717) is 11.1 Å². The molecule has 0 amide bonds. The zero-order chi connectivity index (χ0) is 17.8. The summed E-state index contributed by atoms with van der Waals surface area (Å²) in [6, 6.07) is 24.3. The highest BCUT2D eigenvalue weighted by atomic mass is 14.3. The van der Waals surface area contributed by atoms with Gasteiger partial charge in [-0.15, -0.1) is 0 Å². The Morgan fingerprint density at radius 1 is 0.800 bits per heavy atom. The van der Waals surface area contributed by atoms with Crippen LogP contribution in [0.25, 0.3) is 22.3 Å². The summed E-state index contributed by atoms with van der Waals surface area (Å²) in [6.07, 6.45) is 0.972. The number of rotatable bonds is 3. The zero-order valence-electron chi connectivity index (χ0n) is 14.4. The van der Waals surface area contributed by atoms with E-state index >= 15 is 0 Å². The fourth-order valence-electron chi connectivity index (χ4n) is 3.13. The molecule has 0 saturated heterocycles. The maximum atomic E-state index is 9.46. The average molecular weight is 322 g/mol. The molecule has 0 N–H and O–H groups in total. The van der Waals surface area contributed by atoms with Crippen LogP contribution < -0.4 is 0 Å². The normalized spacial score (nSPS) is 10.1. The molecule has 0 atom stereocenters. The second-order valence-corrected chi connectivity index (χ2v) is 6.02. The first kappa shape index (κ1) is 16.5. The second kappa shape index (κ2) is 7.04. The standard InChI is InChI=1S/C23H18N2/c1-3-18-6-4-5-7-22(18)23-13-19(10-8-16(23)2)21-11-9-17(14-24)12-20(21)15-25/h4-13H,3H2,1-2H3. The SMILES string of the molecule is CCc1ccccc1-c1cc(-c2ccc(C#N)cc2C#N)ccc1C. The largest absolute Gasteiger partial charge is 0.192 e. The van der Waals surface area contributed by atoms with Crippen LogP contribution >= 0.6 is 0 Å². The van der Waals surface area contributed by atoms with Gasteiger partial charge in [0.15, 0.2) is 0 Å². The van der Waals surface area contributed by atoms with E-state index in [0.717, 1.165) is 17.5 Å². The molecule has 0 fully saturated rings. The van der Waals surface area contributed by atoms with E-state index in [9.17, 15) is 5.26 Å². The van der Waals surface area contributed by atoms with Gasteiger partial charge in [0.25, 0.3) is 0 Å². The van der Waals surface area contributed by atoms with Crippen LogP contribution in [0.15, 0.2) is 60.7 Å². The Bertz CT molecular complexity index is 1020. The van der Waals surface area contributed by atoms with Crippen molar-refractivity contribution in [2.45, 2.75) is 20.3 Å². The van der Waals surface area contributed by atoms with E-state index < -0.39 is 0 Å². The van der Waals surface area contributed by atoms with E-state index in [2.05, 4.69) is 62.4 Å². The Morgan fingerprint density at radius 3 is 2.32 bits per heavy atom. The van der Waals surface area contributed by atoms with Gasteiger partial charge in [-0.1, -0.05) is 49.4 Å². The third-order valence-electron chi connectivity index (χ3n) is 4.51. The lowest BCUT2D eigenvalue weighted by Crippen LogP contribution is -1.92. The highest BCUT2D eigenvalue weighted by molar-refractivity contribution is 5.79. The minimum Gasteiger partial charge on any atom is -0.192 e. The first-order valence-corrected chi connectivity index (χ1v) is 8.31. The molecule has 2 nitrogen and oxygen atoms in total. The first-order chi connectivity index (χ1) is 12.2. The Hall–Kier alpha value is -3.36. The molecule has 0 aliphatic heterocycles. The van der Waals surface area contributed by atoms with Crippen LogP contribution in [0.1, 0.15) is 29.2 Å². The van der Waals surface area contributed by atoms with Crippen molar-refractivity contribution in [2.24, 2.45) is 0 Å². The van der Waals surface area contributed by atoms with Gasteiger partial charge < -0.3 is 0 Å². The molecule has 3 rings (SSSR count). The minimum atomic E-state index is 0.504. The Kier molecular flexibility index (Phi) is 4.64. The molecule has 0 heterocycles. The van der Waals surface area contributed by atoms with Crippen molar-refractivity contribution in [2.75, 3.05) is 0 Å². The Morgan fingerprint density at radius 2 is 1.60 bits per heavy atom. The van der Waals surface area contributed by atoms with Crippen LogP contribution in [0.5, 0.6) is 0 Å². The highest BCUT2D eigenvalue weighted by Gasteiger charge is 2.11. The van der Waals surface area contributed by atoms with Crippen molar-refractivity contribution in [3.63, 3.8) is 0 Å². The number of aryl methyl sites for hydroxylation is 2. The molecule has 3 aromatic rings. The van der Waals surface area contributed by atoms with Crippen LogP contribution in [-0.2, 0) is 6.42 Å². The predicted octanol–water partition coefficient (Wildman–Crippen LogP) is 5.63. The number of hydrogen-bond acceptors (Lipinski definition) is 2. The summed E-state index contributed by atoms with van der Waals surface area (Å²) >= 11 is 0. The van der Waals surface area contributed by atoms with E-state index in [1.54, 1.807) is 12.1 Å². The molecule has 0 aromatic heterocycles. The topological polar surface area (TPSA) is 47.6 Å². The average Bonchev–Trinajstić information content (AvgIpc) is 2.68. The Labute approximate surface area is 148 Å². The quantitative estimate of drug-likeness (QED) is 0.627. The molecular weight excluding hydrogens is 304 g/mol. The molecule has 25 heavy (non-hydrogen) atoms. The zero-order valence-corrected chi connectivity index (χ0v) is 14.4. The number of hydrogen-bond donors (Lipinski definition) is 0. The fourth-order valence-corrected chi connectivity index (χ4v) is 3.13. The first-order valence-electron chi connectivity index (χ1n) is 8.31. The molecule has 0 bridgehead atoms. The summed E-state index contributed by atoms with van der Waals surface area (Å²) in [6.45, 7) is 4.27. The van der Waals surface area contributed by atoms with E-state index in [4.69, 9.17) is 5.26 Å². The van der Waals surface area contributed by atoms with Gasteiger partial charge in [0.1, 0.15) is 0 Å². The minimum absolute atomic E-state index is 0.504. The van der Waals surface area contributed by atoms with Gasteiger partial charge >= 0.3 is 0 Å². The van der Waals surface area contributed by atoms with Crippen molar-refractivity contribution >= 4 is 0 Å². The van der Waals surface area contributed by atoms with Gasteiger partial charge in [-0.2, -0.15) is 10.5 Å². The molecular formula is C23H18N2. The third-order valence-corrected chi connectivity index (χ3v) is 4.51. The molecule has 0 saturated carbocycles. The van der Waals surface area contributed by atoms with E-state index in [1.165, 1.54) is 22.3 Å². The van der Waals surface area contributed by atoms with Crippen molar-refractivity contribution in [1.82, 2.24) is 0 Å². The third kappa shape index (κ3) is 3.16. The van der Waals surface area contributed by atoms with Gasteiger partial charge in [-0.25, -0.2) is 0 Å². The van der Waals surface area contributed by atoms with Gasteiger partial charge in [0.05, 0.1) is 23.3 Å². The monoisotopic (exact) mass is 322 g/mol. The molecule has 2 heteroatoms. The van der Waals surface area contributed by atoms with Crippen molar-refractivity contribution in [3.05, 3.63) is 82.9 Å². The molecule has 0 unspecified atom stereocenters. The summed E-state index contributed by atoms with van der Waals surface area (Å²) in [5, 5.41) is 18.5. The molecule has 3 aromatic carbocycles. The maximum absolute atomic E-state index is 9.46. The molecule has 0 aliphatic carbocycles. The van der Waals surface area contributed by atoms with Gasteiger partial charge in [0, 0.05) is 0 Å². The molecule has 0 spiro atoms. The summed E-state index contributed by atoms with van der Waals surface area (Å²) in [5.74, 6) is 0. The summed E-state index contributed by atoms with van der Waals surface area (Å²) < 4.78 is 0. The van der Waals surface area contributed by atoms with Crippen LogP contribution in [0.2, 0.25) is 0 Å². The number of benzene rings is 3. The molecule has 0 aliphatic rings. The fraction of sp³-hybridized carbons (Fsp3) is 0.130. The maximum Gasteiger partial charge on any atom is 0.0998 e. The lowest BCUT2D eigenvalue weighted by atomic mass is 9.90. The number of nitrogens with zero attached hydrogens (tertiary/aromatic N) is 2.